The van der Waals surface area contributed by atoms with Gasteiger partial charge in [0.25, 0.3) is 0 Å². The summed E-state index contributed by atoms with van der Waals surface area (Å²) < 4.78 is 10.6. The molecule has 1 aliphatic rings. The quantitative estimate of drug-likeness (QED) is 0.762. The summed E-state index contributed by atoms with van der Waals surface area (Å²) in [6, 6.07) is 9.69. The van der Waals surface area contributed by atoms with Crippen LogP contribution in [0.5, 0.6) is 0 Å². The first-order chi connectivity index (χ1) is 9.24. The normalized spacial score (nSPS) is 20.5. The highest BCUT2D eigenvalue weighted by atomic mass is 16.5. The summed E-state index contributed by atoms with van der Waals surface area (Å²) in [6.45, 7) is 3.67. The first-order valence-corrected chi connectivity index (χ1v) is 6.75. The molecule has 104 valence electrons. The minimum Gasteiger partial charge on any atom is -0.465 e. The average Bonchev–Trinajstić information content (AvgIpc) is 2.94. The van der Waals surface area contributed by atoms with E-state index in [1.165, 1.54) is 0 Å². The summed E-state index contributed by atoms with van der Waals surface area (Å²) >= 11 is 0. The summed E-state index contributed by atoms with van der Waals surface area (Å²) in [5.41, 5.74) is 0.968. The fourth-order valence-electron chi connectivity index (χ4n) is 2.45. The maximum Gasteiger partial charge on any atom is 0.328 e. The molecule has 0 aromatic heterocycles. The molecule has 0 radical (unpaired) electrons. The topological polar surface area (TPSA) is 38.8 Å². The largest absolute Gasteiger partial charge is 0.465 e. The van der Waals surface area contributed by atoms with E-state index in [9.17, 15) is 4.79 Å². The van der Waals surface area contributed by atoms with Gasteiger partial charge >= 0.3 is 5.97 Å². The van der Waals surface area contributed by atoms with Gasteiger partial charge in [0.2, 0.25) is 0 Å². The summed E-state index contributed by atoms with van der Waals surface area (Å²) in [7, 11) is 1.97. The molecule has 1 saturated heterocycles. The Labute approximate surface area is 114 Å². The Bertz CT molecular complexity index is 401. The summed E-state index contributed by atoms with van der Waals surface area (Å²) in [5, 5.41) is 0. The fourth-order valence-corrected chi connectivity index (χ4v) is 2.45. The Hall–Kier alpha value is -1.39. The molecule has 1 aliphatic heterocycles. The number of carbonyl (C=O) groups excluding carboxylic acids is 1. The van der Waals surface area contributed by atoms with Gasteiger partial charge < -0.3 is 9.47 Å². The summed E-state index contributed by atoms with van der Waals surface area (Å²) in [4.78, 5) is 14.3. The van der Waals surface area contributed by atoms with E-state index >= 15 is 0 Å². The molecule has 0 spiro atoms. The molecule has 1 aromatic carbocycles. The van der Waals surface area contributed by atoms with Crippen molar-refractivity contribution in [1.29, 1.82) is 0 Å². The molecule has 2 unspecified atom stereocenters. The lowest BCUT2D eigenvalue weighted by Gasteiger charge is -2.30. The van der Waals surface area contributed by atoms with Gasteiger partial charge in [0.15, 0.2) is 0 Å². The van der Waals surface area contributed by atoms with E-state index in [2.05, 4.69) is 4.90 Å². The van der Waals surface area contributed by atoms with Crippen LogP contribution in [0.1, 0.15) is 24.9 Å². The molecule has 2 atom stereocenters. The van der Waals surface area contributed by atoms with E-state index < -0.39 is 0 Å². The van der Waals surface area contributed by atoms with Gasteiger partial charge in [0, 0.05) is 12.6 Å². The maximum atomic E-state index is 12.2. The predicted molar refractivity (Wildman–Crippen MR) is 72.8 cm³/mol. The third-order valence-corrected chi connectivity index (χ3v) is 3.51. The molecule has 1 aromatic rings. The van der Waals surface area contributed by atoms with E-state index in [1.807, 2.05) is 44.3 Å². The lowest BCUT2D eigenvalue weighted by atomic mass is 10.0. The fraction of sp³-hybridized carbons (Fsp3) is 0.533. The second kappa shape index (κ2) is 6.68. The van der Waals surface area contributed by atoms with E-state index in [1.54, 1.807) is 0 Å². The Morgan fingerprint density at radius 2 is 2.21 bits per heavy atom. The van der Waals surface area contributed by atoms with Crippen LogP contribution < -0.4 is 0 Å². The minimum atomic E-state index is -0.354. The van der Waals surface area contributed by atoms with Gasteiger partial charge in [0.1, 0.15) is 6.04 Å². The Morgan fingerprint density at radius 1 is 1.47 bits per heavy atom. The zero-order valence-corrected chi connectivity index (χ0v) is 11.5. The molecule has 2 rings (SSSR count). The van der Waals surface area contributed by atoms with Crippen molar-refractivity contribution < 1.29 is 14.3 Å². The van der Waals surface area contributed by atoms with Crippen molar-refractivity contribution in [2.24, 2.45) is 0 Å². The number of likely N-dealkylation sites (N-methyl/N-ethyl adjacent to an activating group) is 1. The SMILES string of the molecule is CCOC(=O)C(c1ccccc1)N(C)C1CCOC1. The van der Waals surface area contributed by atoms with Crippen LogP contribution in [0.2, 0.25) is 0 Å². The van der Waals surface area contributed by atoms with Crippen LogP contribution >= 0.6 is 0 Å². The zero-order valence-electron chi connectivity index (χ0n) is 11.5. The molecule has 19 heavy (non-hydrogen) atoms. The second-order valence-corrected chi connectivity index (χ2v) is 4.75. The van der Waals surface area contributed by atoms with Gasteiger partial charge in [-0.25, -0.2) is 4.79 Å². The van der Waals surface area contributed by atoms with Gasteiger partial charge in [-0.2, -0.15) is 0 Å². The number of nitrogens with zero attached hydrogens (tertiary/aromatic N) is 1. The third-order valence-electron chi connectivity index (χ3n) is 3.51. The van der Waals surface area contributed by atoms with Gasteiger partial charge in [0.05, 0.1) is 13.2 Å². The first kappa shape index (κ1) is 14.0. The van der Waals surface area contributed by atoms with Gasteiger partial charge in [-0.3, -0.25) is 4.90 Å². The monoisotopic (exact) mass is 263 g/mol. The molecule has 0 saturated carbocycles. The van der Waals surface area contributed by atoms with Crippen molar-refractivity contribution in [3.05, 3.63) is 35.9 Å². The highest BCUT2D eigenvalue weighted by molar-refractivity contribution is 5.77. The van der Waals surface area contributed by atoms with Crippen LogP contribution in [0.25, 0.3) is 0 Å². The highest BCUT2D eigenvalue weighted by Gasteiger charge is 2.32. The standard InChI is InChI=1S/C15H21NO3/c1-3-19-15(17)14(12-7-5-4-6-8-12)16(2)13-9-10-18-11-13/h4-8,13-14H,3,9-11H2,1-2H3. The first-order valence-electron chi connectivity index (χ1n) is 6.75. The number of ether oxygens (including phenoxy) is 2. The Morgan fingerprint density at radius 3 is 2.79 bits per heavy atom. The van der Waals surface area contributed by atoms with Crippen molar-refractivity contribution in [3.8, 4) is 0 Å². The molecule has 0 aliphatic carbocycles. The lowest BCUT2D eigenvalue weighted by molar-refractivity contribution is -0.150. The van der Waals surface area contributed by atoms with Gasteiger partial charge in [-0.15, -0.1) is 0 Å². The molecule has 4 heteroatoms. The van der Waals surface area contributed by atoms with Crippen LogP contribution in [0.4, 0.5) is 0 Å². The van der Waals surface area contributed by atoms with Crippen molar-refractivity contribution in [2.75, 3.05) is 26.9 Å². The Balaban J connectivity index is 2.20. The molecule has 1 fully saturated rings. The van der Waals surface area contributed by atoms with Gasteiger partial charge in [-0.1, -0.05) is 30.3 Å². The molecular formula is C15H21NO3. The van der Waals surface area contributed by atoms with Crippen LogP contribution in [-0.4, -0.2) is 43.8 Å². The number of carbonyl (C=O) groups is 1. The number of esters is 1. The van der Waals surface area contributed by atoms with Crippen molar-refractivity contribution in [2.45, 2.75) is 25.4 Å². The zero-order chi connectivity index (χ0) is 13.7. The number of hydrogen-bond acceptors (Lipinski definition) is 4. The van der Waals surface area contributed by atoms with Crippen molar-refractivity contribution >= 4 is 5.97 Å². The summed E-state index contributed by atoms with van der Waals surface area (Å²) in [5.74, 6) is -0.192. The molecule has 0 amide bonds. The van der Waals surface area contributed by atoms with Crippen molar-refractivity contribution in [3.63, 3.8) is 0 Å². The van der Waals surface area contributed by atoms with E-state index in [4.69, 9.17) is 9.47 Å². The third kappa shape index (κ3) is 3.33. The molecule has 0 bridgehead atoms. The minimum absolute atomic E-state index is 0.192. The number of hydrogen-bond donors (Lipinski definition) is 0. The van der Waals surface area contributed by atoms with Crippen molar-refractivity contribution in [1.82, 2.24) is 4.90 Å². The highest BCUT2D eigenvalue weighted by Crippen LogP contribution is 2.25. The van der Waals surface area contributed by atoms with Crippen LogP contribution in [0, 0.1) is 0 Å². The molecule has 1 heterocycles. The van der Waals surface area contributed by atoms with Crippen LogP contribution in [0.15, 0.2) is 30.3 Å². The number of benzene rings is 1. The number of rotatable bonds is 5. The molecule has 0 N–H and O–H groups in total. The van der Waals surface area contributed by atoms with Crippen LogP contribution in [0.3, 0.4) is 0 Å². The average molecular weight is 263 g/mol. The molecule has 4 nitrogen and oxygen atoms in total. The van der Waals surface area contributed by atoms with Gasteiger partial charge in [-0.05, 0) is 26.0 Å². The predicted octanol–water partition coefficient (Wildman–Crippen LogP) is 2.01. The maximum absolute atomic E-state index is 12.2. The Kier molecular flexibility index (Phi) is 4.93. The molecular weight excluding hydrogens is 242 g/mol. The van der Waals surface area contributed by atoms with E-state index in [0.29, 0.717) is 13.2 Å². The van der Waals surface area contributed by atoms with Crippen LogP contribution in [-0.2, 0) is 14.3 Å². The van der Waals surface area contributed by atoms with E-state index in [0.717, 1.165) is 18.6 Å². The smallest absolute Gasteiger partial charge is 0.328 e. The van der Waals surface area contributed by atoms with E-state index in [-0.39, 0.29) is 18.1 Å². The second-order valence-electron chi connectivity index (χ2n) is 4.75. The summed E-state index contributed by atoms with van der Waals surface area (Å²) in [6.07, 6.45) is 0.958. The lowest BCUT2D eigenvalue weighted by Crippen LogP contribution is -2.40.